The summed E-state index contributed by atoms with van der Waals surface area (Å²) in [6.07, 6.45) is 0.430. The van der Waals surface area contributed by atoms with E-state index >= 15 is 0 Å². The molecule has 1 aromatic carbocycles. The Bertz CT molecular complexity index is 451. The fourth-order valence-electron chi connectivity index (χ4n) is 1.47. The van der Waals surface area contributed by atoms with Gasteiger partial charge in [0.05, 0.1) is 4.90 Å². The van der Waals surface area contributed by atoms with E-state index in [2.05, 4.69) is 0 Å². The Labute approximate surface area is 83.4 Å². The first kappa shape index (κ1) is 11.0. The van der Waals surface area contributed by atoms with Crippen LogP contribution in [0.2, 0.25) is 0 Å². The molecule has 4 nitrogen and oxygen atoms in total. The number of rotatable bonds is 2. The Morgan fingerprint density at radius 3 is 2.36 bits per heavy atom. The maximum Gasteiger partial charge on any atom is 0.238 e. The van der Waals surface area contributed by atoms with E-state index in [4.69, 9.17) is 5.14 Å². The van der Waals surface area contributed by atoms with Crippen LogP contribution in [-0.2, 0) is 16.4 Å². The van der Waals surface area contributed by atoms with Crippen LogP contribution in [0.25, 0.3) is 0 Å². The van der Waals surface area contributed by atoms with Gasteiger partial charge in [-0.1, -0.05) is 13.0 Å². The Morgan fingerprint density at radius 1 is 1.43 bits per heavy atom. The van der Waals surface area contributed by atoms with Crippen molar-refractivity contribution in [1.82, 2.24) is 0 Å². The third kappa shape index (κ3) is 1.88. The van der Waals surface area contributed by atoms with Crippen LogP contribution in [0.3, 0.4) is 0 Å². The molecule has 0 amide bonds. The van der Waals surface area contributed by atoms with Crippen molar-refractivity contribution in [1.29, 1.82) is 0 Å². The first-order valence-electron chi connectivity index (χ1n) is 4.22. The number of nitrogens with two attached hydrogens (primary N) is 1. The Morgan fingerprint density at radius 2 is 2.00 bits per heavy atom. The highest BCUT2D eigenvalue weighted by Gasteiger charge is 2.18. The molecule has 1 aromatic rings. The van der Waals surface area contributed by atoms with Gasteiger partial charge in [-0.2, -0.15) is 0 Å². The number of hydrogen-bond acceptors (Lipinski definition) is 3. The van der Waals surface area contributed by atoms with Gasteiger partial charge >= 0.3 is 0 Å². The number of aryl methyl sites for hydroxylation is 1. The van der Waals surface area contributed by atoms with Crippen molar-refractivity contribution >= 4 is 10.0 Å². The van der Waals surface area contributed by atoms with Gasteiger partial charge in [-0.15, -0.1) is 0 Å². The summed E-state index contributed by atoms with van der Waals surface area (Å²) in [5.41, 5.74) is 0.939. The van der Waals surface area contributed by atoms with E-state index < -0.39 is 10.0 Å². The minimum Gasteiger partial charge on any atom is -0.508 e. The van der Waals surface area contributed by atoms with Crippen LogP contribution in [0.4, 0.5) is 0 Å². The molecule has 0 unspecified atom stereocenters. The second kappa shape index (κ2) is 3.59. The van der Waals surface area contributed by atoms with Crippen molar-refractivity contribution < 1.29 is 13.5 Å². The molecule has 0 spiro atoms. The molecule has 0 radical (unpaired) electrons. The Hall–Kier alpha value is -1.07. The molecule has 0 aliphatic heterocycles. The van der Waals surface area contributed by atoms with Crippen molar-refractivity contribution in [3.63, 3.8) is 0 Å². The number of aromatic hydroxyl groups is 1. The zero-order chi connectivity index (χ0) is 10.9. The van der Waals surface area contributed by atoms with Crippen molar-refractivity contribution in [2.24, 2.45) is 5.14 Å². The van der Waals surface area contributed by atoms with E-state index in [1.165, 1.54) is 12.1 Å². The van der Waals surface area contributed by atoms with E-state index in [-0.39, 0.29) is 10.6 Å². The fourth-order valence-corrected chi connectivity index (χ4v) is 2.58. The highest BCUT2D eigenvalue weighted by molar-refractivity contribution is 7.89. The molecule has 5 heteroatoms. The number of benzene rings is 1. The van der Waals surface area contributed by atoms with Gasteiger partial charge in [-0.25, -0.2) is 13.6 Å². The number of primary sulfonamides is 1. The average molecular weight is 215 g/mol. The van der Waals surface area contributed by atoms with Crippen LogP contribution in [0.1, 0.15) is 18.1 Å². The summed E-state index contributed by atoms with van der Waals surface area (Å²) in [7, 11) is -3.76. The summed E-state index contributed by atoms with van der Waals surface area (Å²) < 4.78 is 22.5. The highest BCUT2D eigenvalue weighted by Crippen LogP contribution is 2.27. The summed E-state index contributed by atoms with van der Waals surface area (Å²) in [6, 6.07) is 3.01. The summed E-state index contributed by atoms with van der Waals surface area (Å²) in [6.45, 7) is 3.42. The molecular formula is C9H13NO3S. The zero-order valence-corrected chi connectivity index (χ0v) is 8.93. The van der Waals surface area contributed by atoms with Crippen LogP contribution in [-0.4, -0.2) is 13.5 Å². The van der Waals surface area contributed by atoms with Crippen LogP contribution in [0, 0.1) is 6.92 Å². The van der Waals surface area contributed by atoms with Gasteiger partial charge in [0.1, 0.15) is 5.75 Å². The summed E-state index contributed by atoms with van der Waals surface area (Å²) in [5.74, 6) is -0.0258. The molecule has 0 aliphatic carbocycles. The Kier molecular flexibility index (Phi) is 2.82. The lowest BCUT2D eigenvalue weighted by molar-refractivity contribution is 0.465. The highest BCUT2D eigenvalue weighted by atomic mass is 32.2. The predicted molar refractivity (Wildman–Crippen MR) is 53.6 cm³/mol. The van der Waals surface area contributed by atoms with Crippen LogP contribution >= 0.6 is 0 Å². The van der Waals surface area contributed by atoms with Crippen LogP contribution < -0.4 is 5.14 Å². The van der Waals surface area contributed by atoms with Crippen LogP contribution in [0.5, 0.6) is 5.75 Å². The van der Waals surface area contributed by atoms with E-state index in [9.17, 15) is 13.5 Å². The van der Waals surface area contributed by atoms with Gasteiger partial charge in [-0.05, 0) is 25.0 Å². The standard InChI is InChI=1S/C9H13NO3S/c1-3-7-8(11)5-4-6(2)9(7)14(10,12)13/h4-5,11H,3H2,1-2H3,(H2,10,12,13). The molecule has 0 bridgehead atoms. The minimum atomic E-state index is -3.76. The molecule has 0 fully saturated rings. The molecule has 0 heterocycles. The third-order valence-corrected chi connectivity index (χ3v) is 3.21. The monoisotopic (exact) mass is 215 g/mol. The number of sulfonamides is 1. The number of hydrogen-bond donors (Lipinski definition) is 2. The number of phenolic OH excluding ortho intramolecular Hbond substituents is 1. The van der Waals surface area contributed by atoms with Crippen molar-refractivity contribution in [2.75, 3.05) is 0 Å². The molecule has 0 saturated heterocycles. The van der Waals surface area contributed by atoms with Gasteiger partial charge < -0.3 is 5.11 Å². The lowest BCUT2D eigenvalue weighted by Gasteiger charge is -2.10. The SMILES string of the molecule is CCc1c(O)ccc(C)c1S(N)(=O)=O. The summed E-state index contributed by atoms with van der Waals surface area (Å²) >= 11 is 0. The molecule has 3 N–H and O–H groups in total. The molecule has 0 aromatic heterocycles. The van der Waals surface area contributed by atoms with E-state index in [1.807, 2.05) is 0 Å². The van der Waals surface area contributed by atoms with Gasteiger partial charge in [0.25, 0.3) is 0 Å². The first-order chi connectivity index (χ1) is 6.38. The molecule has 1 rings (SSSR count). The number of phenols is 1. The quantitative estimate of drug-likeness (QED) is 0.769. The predicted octanol–water partition coefficient (Wildman–Crippen LogP) is 0.910. The average Bonchev–Trinajstić information content (AvgIpc) is 2.06. The lowest BCUT2D eigenvalue weighted by atomic mass is 10.1. The fraction of sp³-hybridized carbons (Fsp3) is 0.333. The molecule has 14 heavy (non-hydrogen) atoms. The maximum atomic E-state index is 11.3. The van der Waals surface area contributed by atoms with E-state index in [1.54, 1.807) is 13.8 Å². The maximum absolute atomic E-state index is 11.3. The zero-order valence-electron chi connectivity index (χ0n) is 8.11. The van der Waals surface area contributed by atoms with E-state index in [0.717, 1.165) is 0 Å². The first-order valence-corrected chi connectivity index (χ1v) is 5.76. The van der Waals surface area contributed by atoms with Gasteiger partial charge in [-0.3, -0.25) is 0 Å². The Balaban J connectivity index is 3.63. The molecule has 0 aliphatic rings. The topological polar surface area (TPSA) is 80.4 Å². The largest absolute Gasteiger partial charge is 0.508 e. The van der Waals surface area contributed by atoms with E-state index in [0.29, 0.717) is 17.5 Å². The molecule has 78 valence electrons. The van der Waals surface area contributed by atoms with Crippen molar-refractivity contribution in [3.8, 4) is 5.75 Å². The molecule has 0 saturated carbocycles. The summed E-state index contributed by atoms with van der Waals surface area (Å²) in [4.78, 5) is 0.0417. The normalized spacial score (nSPS) is 11.6. The van der Waals surface area contributed by atoms with Crippen molar-refractivity contribution in [2.45, 2.75) is 25.2 Å². The smallest absolute Gasteiger partial charge is 0.238 e. The third-order valence-electron chi connectivity index (χ3n) is 2.07. The molecule has 0 atom stereocenters. The second-order valence-corrected chi connectivity index (χ2v) is 4.61. The van der Waals surface area contributed by atoms with Gasteiger partial charge in [0.15, 0.2) is 0 Å². The van der Waals surface area contributed by atoms with Gasteiger partial charge in [0.2, 0.25) is 10.0 Å². The summed E-state index contributed by atoms with van der Waals surface area (Å²) in [5, 5.41) is 14.5. The van der Waals surface area contributed by atoms with Crippen LogP contribution in [0.15, 0.2) is 17.0 Å². The second-order valence-electron chi connectivity index (χ2n) is 3.11. The molecular weight excluding hydrogens is 202 g/mol. The minimum absolute atomic E-state index is 0.0258. The lowest BCUT2D eigenvalue weighted by Crippen LogP contribution is -2.16. The van der Waals surface area contributed by atoms with Crippen molar-refractivity contribution in [3.05, 3.63) is 23.3 Å². The van der Waals surface area contributed by atoms with Gasteiger partial charge in [0, 0.05) is 5.56 Å².